The van der Waals surface area contributed by atoms with E-state index in [9.17, 15) is 9.59 Å². The van der Waals surface area contributed by atoms with Crippen molar-refractivity contribution >= 4 is 51.7 Å². The van der Waals surface area contributed by atoms with Crippen LogP contribution in [0.3, 0.4) is 0 Å². The Morgan fingerprint density at radius 2 is 1.77 bits per heavy atom. The van der Waals surface area contributed by atoms with E-state index in [1.165, 1.54) is 0 Å². The molecule has 1 saturated heterocycles. The Labute approximate surface area is 255 Å². The van der Waals surface area contributed by atoms with E-state index in [0.717, 1.165) is 61.2 Å². The Morgan fingerprint density at radius 3 is 2.42 bits per heavy atom. The van der Waals surface area contributed by atoms with Crippen molar-refractivity contribution in [1.29, 1.82) is 0 Å². The van der Waals surface area contributed by atoms with Crippen molar-refractivity contribution in [2.45, 2.75) is 71.1 Å². The van der Waals surface area contributed by atoms with Crippen molar-refractivity contribution in [3.05, 3.63) is 46.9 Å². The molecule has 2 aliphatic rings. The molecule has 1 aromatic carbocycles. The summed E-state index contributed by atoms with van der Waals surface area (Å²) in [5.41, 5.74) is 2.28. The van der Waals surface area contributed by atoms with Gasteiger partial charge in [0.1, 0.15) is 22.7 Å². The number of halogens is 1. The van der Waals surface area contributed by atoms with Crippen LogP contribution in [0, 0.1) is 6.92 Å². The van der Waals surface area contributed by atoms with Crippen LogP contribution in [0.2, 0.25) is 5.02 Å². The lowest BCUT2D eigenvalue weighted by molar-refractivity contribution is 0.0113. The number of hydrogen-bond acceptors (Lipinski definition) is 7. The minimum atomic E-state index is -0.531. The van der Waals surface area contributed by atoms with E-state index in [4.69, 9.17) is 26.1 Å². The van der Waals surface area contributed by atoms with E-state index in [1.54, 1.807) is 17.9 Å². The number of rotatable bonds is 6. The zero-order valence-corrected chi connectivity index (χ0v) is 26.2. The molecule has 43 heavy (non-hydrogen) atoms. The smallest absolute Gasteiger partial charge is 0.410 e. The first-order valence-corrected chi connectivity index (χ1v) is 15.1. The second kappa shape index (κ2) is 10.9. The highest BCUT2D eigenvalue weighted by Crippen LogP contribution is 2.36. The van der Waals surface area contributed by atoms with Gasteiger partial charge < -0.3 is 24.6 Å². The van der Waals surface area contributed by atoms with E-state index < -0.39 is 5.60 Å². The van der Waals surface area contributed by atoms with Crippen molar-refractivity contribution in [3.8, 4) is 5.75 Å². The van der Waals surface area contributed by atoms with E-state index in [2.05, 4.69) is 15.3 Å². The second-order valence-electron chi connectivity index (χ2n) is 12.5. The van der Waals surface area contributed by atoms with Gasteiger partial charge in [0.05, 0.1) is 29.0 Å². The summed E-state index contributed by atoms with van der Waals surface area (Å²) in [6, 6.07) is 5.84. The van der Waals surface area contributed by atoms with Crippen LogP contribution in [0.4, 0.5) is 16.3 Å². The minimum absolute atomic E-state index is 0.117. The normalized spacial score (nSPS) is 16.1. The first kappa shape index (κ1) is 29.1. The van der Waals surface area contributed by atoms with Gasteiger partial charge in [0.25, 0.3) is 5.91 Å². The molecule has 228 valence electrons. The summed E-state index contributed by atoms with van der Waals surface area (Å²) < 4.78 is 14.9. The summed E-state index contributed by atoms with van der Waals surface area (Å²) in [6.07, 6.45) is 7.24. The number of fused-ring (bicyclic) bond motifs is 2. The Bertz CT molecular complexity index is 1710. The van der Waals surface area contributed by atoms with Crippen molar-refractivity contribution in [2.24, 2.45) is 7.05 Å². The molecule has 3 aromatic heterocycles. The highest BCUT2D eigenvalue weighted by molar-refractivity contribution is 6.35. The van der Waals surface area contributed by atoms with Crippen molar-refractivity contribution in [1.82, 2.24) is 24.1 Å². The second-order valence-corrected chi connectivity index (χ2v) is 12.9. The lowest BCUT2D eigenvalue weighted by Gasteiger charge is -2.40. The number of carbonyl (C=O) groups is 2. The molecular formula is C31H38ClN7O4. The first-order valence-electron chi connectivity index (χ1n) is 14.7. The lowest BCUT2D eigenvalue weighted by Crippen LogP contribution is -2.50. The Kier molecular flexibility index (Phi) is 7.40. The molecule has 12 heteroatoms. The SMILES string of the molecule is COc1cc2nn(C)cc2cc1NC(=O)c1c(Cl)cc(N2CCC(N(C(=O)OC(C)(C)C)C3CC3)CC2)n2cc(C)nc12. The van der Waals surface area contributed by atoms with Gasteiger partial charge in [-0.2, -0.15) is 5.10 Å². The number of ether oxygens (including phenoxy) is 2. The van der Waals surface area contributed by atoms with E-state index >= 15 is 0 Å². The highest BCUT2D eigenvalue weighted by atomic mass is 35.5. The summed E-state index contributed by atoms with van der Waals surface area (Å²) in [4.78, 5) is 35.7. The fraction of sp³-hybridized carbons (Fsp3) is 0.484. The highest BCUT2D eigenvalue weighted by Gasteiger charge is 2.41. The molecule has 2 amide bonds. The Hall–Kier alpha value is -3.99. The Balaban J connectivity index is 1.25. The number of pyridine rings is 1. The molecule has 4 aromatic rings. The zero-order chi connectivity index (χ0) is 30.6. The molecule has 2 fully saturated rings. The fourth-order valence-corrected chi connectivity index (χ4v) is 6.20. The molecule has 0 atom stereocenters. The lowest BCUT2D eigenvalue weighted by atomic mass is 10.0. The molecule has 1 aliphatic heterocycles. The van der Waals surface area contributed by atoms with Crippen LogP contribution in [-0.4, -0.2) is 73.9 Å². The number of nitrogens with zero attached hydrogens (tertiary/aromatic N) is 6. The van der Waals surface area contributed by atoms with Crippen LogP contribution in [0.25, 0.3) is 16.6 Å². The molecule has 0 spiro atoms. The van der Waals surface area contributed by atoms with Crippen LogP contribution in [0.5, 0.6) is 5.75 Å². The molecule has 1 N–H and O–H groups in total. The third-order valence-electron chi connectivity index (χ3n) is 7.93. The molecule has 11 nitrogen and oxygen atoms in total. The van der Waals surface area contributed by atoms with Gasteiger partial charge >= 0.3 is 6.09 Å². The Morgan fingerprint density at radius 1 is 1.07 bits per heavy atom. The summed E-state index contributed by atoms with van der Waals surface area (Å²) in [7, 11) is 3.40. The molecule has 1 aliphatic carbocycles. The van der Waals surface area contributed by atoms with Crippen LogP contribution in [0.15, 0.2) is 30.6 Å². The van der Waals surface area contributed by atoms with E-state index in [1.807, 2.05) is 68.6 Å². The van der Waals surface area contributed by atoms with Crippen molar-refractivity contribution in [3.63, 3.8) is 0 Å². The van der Waals surface area contributed by atoms with Gasteiger partial charge in [-0.3, -0.25) is 13.9 Å². The van der Waals surface area contributed by atoms with E-state index in [0.29, 0.717) is 22.1 Å². The number of hydrogen-bond donors (Lipinski definition) is 1. The zero-order valence-electron chi connectivity index (χ0n) is 25.5. The predicted octanol–water partition coefficient (Wildman–Crippen LogP) is 5.81. The van der Waals surface area contributed by atoms with Gasteiger partial charge in [0.2, 0.25) is 0 Å². The number of aryl methyl sites for hydroxylation is 2. The van der Waals surface area contributed by atoms with Crippen molar-refractivity contribution < 1.29 is 19.1 Å². The average molecular weight is 608 g/mol. The van der Waals surface area contributed by atoms with Gasteiger partial charge in [-0.15, -0.1) is 0 Å². The van der Waals surface area contributed by atoms with Gasteiger partial charge in [-0.05, 0) is 65.5 Å². The molecular weight excluding hydrogens is 570 g/mol. The van der Waals surface area contributed by atoms with Crippen molar-refractivity contribution in [2.75, 3.05) is 30.4 Å². The largest absolute Gasteiger partial charge is 0.494 e. The molecule has 0 bridgehead atoms. The summed E-state index contributed by atoms with van der Waals surface area (Å²) in [6.45, 7) is 9.06. The maximum absolute atomic E-state index is 13.7. The average Bonchev–Trinajstić information content (AvgIpc) is 3.57. The monoisotopic (exact) mass is 607 g/mol. The van der Waals surface area contributed by atoms with Crippen LogP contribution >= 0.6 is 11.6 Å². The van der Waals surface area contributed by atoms with Crippen LogP contribution in [-0.2, 0) is 11.8 Å². The van der Waals surface area contributed by atoms with Gasteiger partial charge in [-0.25, -0.2) is 9.78 Å². The number of benzene rings is 1. The minimum Gasteiger partial charge on any atom is -0.494 e. The number of nitrogens with one attached hydrogen (secondary N) is 1. The predicted molar refractivity (Wildman–Crippen MR) is 166 cm³/mol. The van der Waals surface area contributed by atoms with Gasteiger partial charge in [0.15, 0.2) is 5.65 Å². The number of methoxy groups -OCH3 is 1. The quantitative estimate of drug-likeness (QED) is 0.295. The number of carbonyl (C=O) groups excluding carboxylic acids is 2. The molecule has 4 heterocycles. The molecule has 1 saturated carbocycles. The molecule has 0 unspecified atom stereocenters. The maximum atomic E-state index is 13.7. The topological polar surface area (TPSA) is 106 Å². The van der Waals surface area contributed by atoms with Crippen LogP contribution in [0.1, 0.15) is 62.5 Å². The summed E-state index contributed by atoms with van der Waals surface area (Å²) in [5, 5.41) is 8.58. The van der Waals surface area contributed by atoms with Gasteiger partial charge in [0, 0.05) is 56.1 Å². The van der Waals surface area contributed by atoms with Gasteiger partial charge in [-0.1, -0.05) is 11.6 Å². The number of aromatic nitrogens is 4. The third-order valence-corrected chi connectivity index (χ3v) is 8.23. The maximum Gasteiger partial charge on any atom is 0.410 e. The summed E-state index contributed by atoms with van der Waals surface area (Å²) >= 11 is 6.85. The van der Waals surface area contributed by atoms with Crippen LogP contribution < -0.4 is 15.0 Å². The number of amides is 2. The molecule has 0 radical (unpaired) electrons. The fourth-order valence-electron chi connectivity index (χ4n) is 5.93. The first-order chi connectivity index (χ1) is 20.4. The standard InChI is InChI=1S/C31H38ClN7O4/c1-18-16-38-26(37-11-9-21(10-12-37)39(20-7-8-20)30(41)43-31(2,3)4)14-22(32)27(28(38)33-18)29(40)34-24-13-19-17-36(5)35-23(19)15-25(24)42-6/h13-17,20-21H,7-12H2,1-6H3,(H,34,40). The number of anilines is 2. The number of imidazole rings is 1. The molecule has 6 rings (SSSR count). The summed E-state index contributed by atoms with van der Waals surface area (Å²) in [5.74, 6) is 0.974. The third kappa shape index (κ3) is 5.82. The number of piperidine rings is 1. The van der Waals surface area contributed by atoms with E-state index in [-0.39, 0.29) is 29.6 Å².